The lowest BCUT2D eigenvalue weighted by Gasteiger charge is -2.29. The van der Waals surface area contributed by atoms with Crippen LogP contribution in [0.4, 0.5) is 13.2 Å². The molecule has 26 heavy (non-hydrogen) atoms. The van der Waals surface area contributed by atoms with Gasteiger partial charge in [-0.15, -0.1) is 0 Å². The lowest BCUT2D eigenvalue weighted by Crippen LogP contribution is -2.37. The molecule has 0 saturated carbocycles. The molecule has 0 aliphatic rings. The summed E-state index contributed by atoms with van der Waals surface area (Å²) in [5.74, 6) is 0.576. The summed E-state index contributed by atoms with van der Waals surface area (Å²) in [6, 6.07) is 11.5. The molecule has 0 fully saturated rings. The molecule has 3 N–H and O–H groups in total. The number of ether oxygens (including phenoxy) is 1. The van der Waals surface area contributed by atoms with Gasteiger partial charge in [0.25, 0.3) is 0 Å². The van der Waals surface area contributed by atoms with E-state index in [1.54, 1.807) is 31.2 Å². The summed E-state index contributed by atoms with van der Waals surface area (Å²) >= 11 is 0. The maximum absolute atomic E-state index is 13.0. The summed E-state index contributed by atoms with van der Waals surface area (Å²) in [6.07, 6.45) is -4.24. The maximum atomic E-state index is 13.0. The quantitative estimate of drug-likeness (QED) is 0.792. The van der Waals surface area contributed by atoms with Crippen molar-refractivity contribution in [3.05, 3.63) is 65.2 Å². The third kappa shape index (κ3) is 4.37. The fourth-order valence-electron chi connectivity index (χ4n) is 2.69. The first-order valence-corrected chi connectivity index (χ1v) is 8.41. The number of hydrogen-bond acceptors (Lipinski definition) is 3. The van der Waals surface area contributed by atoms with E-state index in [1.165, 1.54) is 12.1 Å². The Morgan fingerprint density at radius 1 is 0.962 bits per heavy atom. The zero-order valence-electron chi connectivity index (χ0n) is 15.1. The van der Waals surface area contributed by atoms with Gasteiger partial charge < -0.3 is 15.6 Å². The number of nitrogens with two attached hydrogens (primary N) is 1. The molecule has 142 valence electrons. The van der Waals surface area contributed by atoms with Crippen LogP contribution in [0.2, 0.25) is 0 Å². The van der Waals surface area contributed by atoms with Gasteiger partial charge in [-0.05, 0) is 55.7 Å². The third-order valence-electron chi connectivity index (χ3n) is 4.40. The standard InChI is InChI=1S/C20H24F3NO2/c1-4-19(25,15-6-5-7-16(12-15)20(21,22)23)14-8-10-17(11-9-14)26-18(2,3)13-24/h5-12,25H,4,13,24H2,1-3H3. The smallest absolute Gasteiger partial charge is 0.416 e. The molecule has 0 spiro atoms. The first-order chi connectivity index (χ1) is 12.0. The van der Waals surface area contributed by atoms with Crippen LogP contribution in [0, 0.1) is 0 Å². The molecule has 1 unspecified atom stereocenters. The molecular weight excluding hydrogens is 343 g/mol. The number of rotatable bonds is 6. The van der Waals surface area contributed by atoms with E-state index < -0.39 is 22.9 Å². The van der Waals surface area contributed by atoms with Gasteiger partial charge in [0.1, 0.15) is 17.0 Å². The van der Waals surface area contributed by atoms with E-state index in [0.717, 1.165) is 12.1 Å². The molecule has 0 aliphatic heterocycles. The highest BCUT2D eigenvalue weighted by Crippen LogP contribution is 2.37. The lowest BCUT2D eigenvalue weighted by molar-refractivity contribution is -0.137. The van der Waals surface area contributed by atoms with E-state index in [2.05, 4.69) is 0 Å². The van der Waals surface area contributed by atoms with E-state index in [1.807, 2.05) is 13.8 Å². The topological polar surface area (TPSA) is 55.5 Å². The van der Waals surface area contributed by atoms with Gasteiger partial charge in [0.05, 0.1) is 5.56 Å². The van der Waals surface area contributed by atoms with Crippen molar-refractivity contribution in [1.82, 2.24) is 0 Å². The van der Waals surface area contributed by atoms with Crippen LogP contribution in [0.1, 0.15) is 43.9 Å². The predicted octanol–water partition coefficient (Wildman–Crippen LogP) is 4.47. The van der Waals surface area contributed by atoms with Crippen LogP contribution in [-0.4, -0.2) is 17.3 Å². The van der Waals surface area contributed by atoms with Gasteiger partial charge in [0.2, 0.25) is 0 Å². The van der Waals surface area contributed by atoms with Crippen LogP contribution in [0.5, 0.6) is 5.75 Å². The Balaban J connectivity index is 2.38. The minimum atomic E-state index is -4.46. The molecule has 2 rings (SSSR count). The summed E-state index contributed by atoms with van der Waals surface area (Å²) in [7, 11) is 0. The van der Waals surface area contributed by atoms with E-state index in [-0.39, 0.29) is 12.0 Å². The average molecular weight is 367 g/mol. The fourth-order valence-corrected chi connectivity index (χ4v) is 2.69. The second-order valence-corrected chi connectivity index (χ2v) is 6.88. The molecule has 0 heterocycles. The molecule has 0 aliphatic carbocycles. The molecule has 3 nitrogen and oxygen atoms in total. The largest absolute Gasteiger partial charge is 0.487 e. The Morgan fingerprint density at radius 2 is 1.54 bits per heavy atom. The van der Waals surface area contributed by atoms with Gasteiger partial charge in [-0.1, -0.05) is 31.2 Å². The Kier molecular flexibility index (Phi) is 5.68. The molecule has 0 radical (unpaired) electrons. The molecule has 0 bridgehead atoms. The number of hydrogen-bond donors (Lipinski definition) is 2. The summed E-state index contributed by atoms with van der Waals surface area (Å²) < 4.78 is 44.8. The van der Waals surface area contributed by atoms with Crippen LogP contribution in [0.3, 0.4) is 0 Å². The van der Waals surface area contributed by atoms with Crippen LogP contribution in [0.15, 0.2) is 48.5 Å². The highest BCUT2D eigenvalue weighted by Gasteiger charge is 2.35. The third-order valence-corrected chi connectivity index (χ3v) is 4.40. The molecular formula is C20H24F3NO2. The number of halogens is 3. The minimum Gasteiger partial charge on any atom is -0.487 e. The van der Waals surface area contributed by atoms with E-state index in [4.69, 9.17) is 10.5 Å². The van der Waals surface area contributed by atoms with Crippen molar-refractivity contribution in [3.8, 4) is 5.75 Å². The molecule has 2 aromatic rings. The first-order valence-electron chi connectivity index (χ1n) is 8.41. The summed E-state index contributed by atoms with van der Waals surface area (Å²) in [5, 5.41) is 11.1. The maximum Gasteiger partial charge on any atom is 0.416 e. The molecule has 2 aromatic carbocycles. The highest BCUT2D eigenvalue weighted by atomic mass is 19.4. The highest BCUT2D eigenvalue weighted by molar-refractivity contribution is 5.40. The zero-order chi connectivity index (χ0) is 19.6. The van der Waals surface area contributed by atoms with E-state index in [9.17, 15) is 18.3 Å². The minimum absolute atomic E-state index is 0.200. The van der Waals surface area contributed by atoms with Crippen LogP contribution in [0.25, 0.3) is 0 Å². The first kappa shape index (κ1) is 20.3. The number of aliphatic hydroxyl groups is 1. The SMILES string of the molecule is CCC(O)(c1ccc(OC(C)(C)CN)cc1)c1cccc(C(F)(F)F)c1. The zero-order valence-corrected chi connectivity index (χ0v) is 15.1. The Labute approximate surface area is 151 Å². The van der Waals surface area contributed by atoms with Crippen molar-refractivity contribution in [2.45, 2.75) is 44.6 Å². The van der Waals surface area contributed by atoms with Crippen molar-refractivity contribution in [2.75, 3.05) is 6.54 Å². The van der Waals surface area contributed by atoms with Crippen LogP contribution >= 0.6 is 0 Å². The van der Waals surface area contributed by atoms with E-state index >= 15 is 0 Å². The van der Waals surface area contributed by atoms with Crippen LogP contribution < -0.4 is 10.5 Å². The van der Waals surface area contributed by atoms with Gasteiger partial charge in [0, 0.05) is 6.54 Å². The van der Waals surface area contributed by atoms with Gasteiger partial charge in [-0.25, -0.2) is 0 Å². The van der Waals surface area contributed by atoms with Gasteiger partial charge in [-0.2, -0.15) is 13.2 Å². The Bertz CT molecular complexity index is 741. The van der Waals surface area contributed by atoms with Crippen molar-refractivity contribution in [2.24, 2.45) is 5.73 Å². The molecule has 0 aromatic heterocycles. The fraction of sp³-hybridized carbons (Fsp3) is 0.400. The van der Waals surface area contributed by atoms with Gasteiger partial charge in [0.15, 0.2) is 0 Å². The summed E-state index contributed by atoms with van der Waals surface area (Å²) in [6.45, 7) is 5.76. The predicted molar refractivity (Wildman–Crippen MR) is 94.9 cm³/mol. The summed E-state index contributed by atoms with van der Waals surface area (Å²) in [5.41, 5.74) is 3.49. The summed E-state index contributed by atoms with van der Waals surface area (Å²) in [4.78, 5) is 0. The van der Waals surface area contributed by atoms with Crippen molar-refractivity contribution in [3.63, 3.8) is 0 Å². The van der Waals surface area contributed by atoms with Crippen molar-refractivity contribution in [1.29, 1.82) is 0 Å². The van der Waals surface area contributed by atoms with Crippen LogP contribution in [-0.2, 0) is 11.8 Å². The molecule has 1 atom stereocenters. The van der Waals surface area contributed by atoms with Gasteiger partial charge in [-0.3, -0.25) is 0 Å². The molecule has 6 heteroatoms. The van der Waals surface area contributed by atoms with Gasteiger partial charge >= 0.3 is 6.18 Å². The molecule has 0 amide bonds. The second kappa shape index (κ2) is 7.29. The Morgan fingerprint density at radius 3 is 2.04 bits per heavy atom. The number of benzene rings is 2. The Hall–Kier alpha value is -2.05. The normalized spacial score (nSPS) is 14.8. The average Bonchev–Trinajstić information content (AvgIpc) is 2.61. The van der Waals surface area contributed by atoms with Crippen molar-refractivity contribution >= 4 is 0 Å². The van der Waals surface area contributed by atoms with E-state index in [0.29, 0.717) is 17.9 Å². The van der Waals surface area contributed by atoms with Crippen molar-refractivity contribution < 1.29 is 23.0 Å². The monoisotopic (exact) mass is 367 g/mol. The second-order valence-electron chi connectivity index (χ2n) is 6.88. The molecule has 0 saturated heterocycles. The lowest BCUT2D eigenvalue weighted by atomic mass is 9.83. The number of alkyl halides is 3.